The lowest BCUT2D eigenvalue weighted by Crippen LogP contribution is -1.93. The molecule has 0 aliphatic heterocycles. The Balaban J connectivity index is 3.36. The number of nitrogens with one attached hydrogen (secondary N) is 1. The van der Waals surface area contributed by atoms with Crippen LogP contribution in [0.4, 0.5) is 0 Å². The van der Waals surface area contributed by atoms with E-state index in [9.17, 15) is 4.57 Å². The van der Waals surface area contributed by atoms with Gasteiger partial charge in [0, 0.05) is 11.2 Å². The molecule has 0 aromatic heterocycles. The Morgan fingerprint density at radius 1 is 1.71 bits per heavy atom. The maximum Gasteiger partial charge on any atom is 0.410 e. The van der Waals surface area contributed by atoms with E-state index >= 15 is 0 Å². The van der Waals surface area contributed by atoms with Gasteiger partial charge in [0.25, 0.3) is 0 Å². The molecule has 0 unspecified atom stereocenters. The summed E-state index contributed by atoms with van der Waals surface area (Å²) in [6, 6.07) is 0. The Morgan fingerprint density at radius 2 is 2.14 bits per heavy atom. The molecule has 3 N–H and O–H groups in total. The maximum atomic E-state index is 9.71. The molecule has 0 radical (unpaired) electrons. The summed E-state index contributed by atoms with van der Waals surface area (Å²) in [4.78, 5) is 15.8. The minimum absolute atomic E-state index is 0.368. The van der Waals surface area contributed by atoms with Crippen molar-refractivity contribution in [3.05, 3.63) is 0 Å². The Hall–Kier alpha value is 0.750. The van der Waals surface area contributed by atoms with Crippen LogP contribution < -0.4 is 4.49 Å². The van der Waals surface area contributed by atoms with E-state index in [2.05, 4.69) is 0 Å². The average Bonchev–Trinajstić information content (AvgIpc) is 1.30. The lowest BCUT2D eigenvalue weighted by atomic mass is 13.9. The van der Waals surface area contributed by atoms with Gasteiger partial charge < -0.3 is 9.79 Å². The topological polar surface area (TPSA) is 69.6 Å². The van der Waals surface area contributed by atoms with Crippen molar-refractivity contribution in [3.63, 3.8) is 0 Å². The van der Waals surface area contributed by atoms with Crippen LogP contribution in [0.5, 0.6) is 0 Å². The smallest absolute Gasteiger partial charge is 0.312 e. The fourth-order valence-electron chi connectivity index (χ4n) is 0.0449. The molecule has 0 saturated heterocycles. The van der Waals surface area contributed by atoms with Crippen molar-refractivity contribution in [2.75, 3.05) is 0 Å². The zero-order valence-corrected chi connectivity index (χ0v) is 5.50. The summed E-state index contributed by atoms with van der Waals surface area (Å²) >= 11 is 0.368. The third-order valence-corrected chi connectivity index (χ3v) is 2.00. The van der Waals surface area contributed by atoms with Crippen LogP contribution in [0.15, 0.2) is 0 Å². The standard InChI is InChI=1S/ClH3NO3PS/c1-7-2-6(3,4)5/h(H3,2,3,4,5). The summed E-state index contributed by atoms with van der Waals surface area (Å²) in [5.41, 5.74) is 0. The monoisotopic (exact) mass is 163 g/mol. The van der Waals surface area contributed by atoms with Crippen molar-refractivity contribution in [3.8, 4) is 0 Å². The van der Waals surface area contributed by atoms with E-state index in [1.54, 1.807) is 4.49 Å². The normalized spacial score (nSPS) is 11.9. The molecule has 0 rings (SSSR count). The van der Waals surface area contributed by atoms with Gasteiger partial charge in [-0.25, -0.2) is 4.57 Å². The first-order valence-corrected chi connectivity index (χ1v) is 4.42. The van der Waals surface area contributed by atoms with Gasteiger partial charge in [0.2, 0.25) is 0 Å². The van der Waals surface area contributed by atoms with Crippen LogP contribution in [0.3, 0.4) is 0 Å². The highest BCUT2D eigenvalue weighted by Gasteiger charge is 2.09. The van der Waals surface area contributed by atoms with Gasteiger partial charge in [0.1, 0.15) is 0 Å². The number of hydrogen-bond donors (Lipinski definition) is 3. The number of hydrogen-bond acceptors (Lipinski definition) is 2. The van der Waals surface area contributed by atoms with Gasteiger partial charge in [-0.3, -0.25) is 0 Å². The van der Waals surface area contributed by atoms with Crippen LogP contribution in [-0.2, 0) is 4.57 Å². The van der Waals surface area contributed by atoms with E-state index in [-0.39, 0.29) is 0 Å². The minimum atomic E-state index is -4.08. The third-order valence-electron chi connectivity index (χ3n) is 0.153. The van der Waals surface area contributed by atoms with Crippen LogP contribution in [0.2, 0.25) is 0 Å². The molecule has 0 fully saturated rings. The lowest BCUT2D eigenvalue weighted by molar-refractivity contribution is 0.370. The lowest BCUT2D eigenvalue weighted by Gasteiger charge is -1.96. The Morgan fingerprint density at radius 3 is 2.14 bits per heavy atom. The second-order valence-corrected chi connectivity index (χ2v) is 3.15. The first kappa shape index (κ1) is 7.75. The van der Waals surface area contributed by atoms with Crippen molar-refractivity contribution in [2.24, 2.45) is 0 Å². The predicted octanol–water partition coefficient (Wildman–Crippen LogP) is 0.471. The highest BCUT2D eigenvalue weighted by molar-refractivity contribution is 8.22. The van der Waals surface area contributed by atoms with Crippen molar-refractivity contribution in [2.45, 2.75) is 0 Å². The molecule has 0 aromatic carbocycles. The molecule has 0 aromatic rings. The molecule has 0 heterocycles. The maximum absolute atomic E-state index is 9.71. The molecule has 0 amide bonds. The van der Waals surface area contributed by atoms with E-state index < -0.39 is 7.75 Å². The predicted molar refractivity (Wildman–Crippen MR) is 28.6 cm³/mol. The van der Waals surface area contributed by atoms with E-state index in [1.165, 1.54) is 0 Å². The molecular formula is H3ClNO3PS. The number of halogens is 1. The number of rotatable bonds is 2. The Bertz CT molecular complexity index is 88.9. The fraction of sp³-hybridized carbons (Fsp3) is 0. The van der Waals surface area contributed by atoms with Gasteiger partial charge in [-0.2, -0.15) is 4.49 Å². The second kappa shape index (κ2) is 2.91. The van der Waals surface area contributed by atoms with Crippen LogP contribution in [-0.4, -0.2) is 9.79 Å². The molecule has 0 bridgehead atoms. The molecule has 7 heavy (non-hydrogen) atoms. The van der Waals surface area contributed by atoms with E-state index in [0.29, 0.717) is 11.2 Å². The van der Waals surface area contributed by atoms with Gasteiger partial charge in [-0.15, -0.1) is 0 Å². The summed E-state index contributed by atoms with van der Waals surface area (Å²) in [5.74, 6) is 0. The van der Waals surface area contributed by atoms with Gasteiger partial charge >= 0.3 is 7.75 Å². The van der Waals surface area contributed by atoms with Crippen molar-refractivity contribution in [1.29, 1.82) is 0 Å². The molecule has 0 aliphatic rings. The van der Waals surface area contributed by atoms with E-state index in [0.717, 1.165) is 0 Å². The highest BCUT2D eigenvalue weighted by Crippen LogP contribution is 2.32. The van der Waals surface area contributed by atoms with Crippen molar-refractivity contribution in [1.82, 2.24) is 4.49 Å². The SMILES string of the molecule is O=P(O)(O)NSCl. The summed E-state index contributed by atoms with van der Waals surface area (Å²) < 4.78 is 11.3. The highest BCUT2D eigenvalue weighted by atomic mass is 35.7. The van der Waals surface area contributed by atoms with Crippen LogP contribution >= 0.6 is 29.6 Å². The third kappa shape index (κ3) is 6.75. The zero-order chi connectivity index (χ0) is 5.91. The summed E-state index contributed by atoms with van der Waals surface area (Å²) in [5, 5.41) is 0. The average molecular weight is 164 g/mol. The van der Waals surface area contributed by atoms with Crippen LogP contribution in [0, 0.1) is 0 Å². The first-order chi connectivity index (χ1) is 3.06. The minimum Gasteiger partial charge on any atom is -0.312 e. The van der Waals surface area contributed by atoms with Crippen LogP contribution in [0.1, 0.15) is 0 Å². The zero-order valence-electron chi connectivity index (χ0n) is 3.04. The summed E-state index contributed by atoms with van der Waals surface area (Å²) in [7, 11) is 0.715. The molecule has 0 aliphatic carbocycles. The first-order valence-electron chi connectivity index (χ1n) is 1.16. The van der Waals surface area contributed by atoms with Gasteiger partial charge in [0.15, 0.2) is 0 Å². The molecule has 4 nitrogen and oxygen atoms in total. The molecule has 0 saturated carbocycles. The Kier molecular flexibility index (Phi) is 3.23. The van der Waals surface area contributed by atoms with Crippen LogP contribution in [0.25, 0.3) is 0 Å². The Labute approximate surface area is 49.1 Å². The molecule has 44 valence electrons. The molecule has 7 heteroatoms. The van der Waals surface area contributed by atoms with Crippen molar-refractivity contribution < 1.29 is 14.4 Å². The van der Waals surface area contributed by atoms with Gasteiger partial charge in [-0.1, -0.05) is 0 Å². The van der Waals surface area contributed by atoms with Crippen molar-refractivity contribution >= 4 is 29.6 Å². The van der Waals surface area contributed by atoms with E-state index in [1.807, 2.05) is 0 Å². The molecular weight excluding hydrogens is 160 g/mol. The van der Waals surface area contributed by atoms with Gasteiger partial charge in [-0.05, 0) is 10.7 Å². The largest absolute Gasteiger partial charge is 0.410 e. The fourth-order valence-corrected chi connectivity index (χ4v) is 1.21. The molecule has 0 spiro atoms. The van der Waals surface area contributed by atoms with E-state index in [4.69, 9.17) is 20.5 Å². The quantitative estimate of drug-likeness (QED) is 0.408. The van der Waals surface area contributed by atoms with Gasteiger partial charge in [0.05, 0.1) is 0 Å². The summed E-state index contributed by atoms with van der Waals surface area (Å²) in [6.07, 6.45) is 0. The summed E-state index contributed by atoms with van der Waals surface area (Å²) in [6.45, 7) is 0. The molecule has 0 atom stereocenters. The second-order valence-electron chi connectivity index (χ2n) is 0.712.